The van der Waals surface area contributed by atoms with Crippen molar-refractivity contribution in [2.45, 2.75) is 18.2 Å². The Morgan fingerprint density at radius 3 is 2.23 bits per heavy atom. The first-order valence-corrected chi connectivity index (χ1v) is 11.5. The van der Waals surface area contributed by atoms with Crippen LogP contribution in [0.3, 0.4) is 0 Å². The zero-order chi connectivity index (χ0) is 24.6. The first kappa shape index (κ1) is 24.1. The van der Waals surface area contributed by atoms with Gasteiger partial charge in [-0.15, -0.1) is 10.2 Å². The van der Waals surface area contributed by atoms with Gasteiger partial charge in [-0.3, -0.25) is 19.5 Å². The van der Waals surface area contributed by atoms with Crippen molar-refractivity contribution in [2.75, 3.05) is 5.75 Å². The minimum atomic E-state index is -2.96. The van der Waals surface area contributed by atoms with Gasteiger partial charge in [0.25, 0.3) is 5.91 Å². The zero-order valence-electron chi connectivity index (χ0n) is 18.3. The lowest BCUT2D eigenvalue weighted by molar-refractivity contribution is -0.117. The van der Waals surface area contributed by atoms with Crippen LogP contribution in [-0.4, -0.2) is 38.9 Å². The standard InChI is InChI=1S/C25H20F2N4O3S/c26-24(27)34-20-13-11-18(12-14-20)23(33)28-22(32)16-35-25-30-29-21(15-17-7-3-1-4-8-17)31(25)19-9-5-2-6-10-19/h1-14,24H,15-16H2,(H,28,32,33). The minimum Gasteiger partial charge on any atom is -0.435 e. The highest BCUT2D eigenvalue weighted by Gasteiger charge is 2.17. The van der Waals surface area contributed by atoms with Gasteiger partial charge < -0.3 is 4.74 Å². The summed E-state index contributed by atoms with van der Waals surface area (Å²) in [6, 6.07) is 24.5. The molecule has 10 heteroatoms. The van der Waals surface area contributed by atoms with E-state index >= 15 is 0 Å². The lowest BCUT2D eigenvalue weighted by atomic mass is 10.1. The first-order valence-electron chi connectivity index (χ1n) is 10.5. The Morgan fingerprint density at radius 2 is 1.57 bits per heavy atom. The number of carbonyl (C=O) groups excluding carboxylic acids is 2. The molecule has 0 saturated heterocycles. The predicted molar refractivity (Wildman–Crippen MR) is 127 cm³/mol. The number of carbonyl (C=O) groups is 2. The Kier molecular flexibility index (Phi) is 7.84. The van der Waals surface area contributed by atoms with Crippen LogP contribution in [0.4, 0.5) is 8.78 Å². The highest BCUT2D eigenvalue weighted by atomic mass is 32.2. The third-order valence-electron chi connectivity index (χ3n) is 4.85. The number of nitrogens with zero attached hydrogens (tertiary/aromatic N) is 3. The lowest BCUT2D eigenvalue weighted by Gasteiger charge is -2.10. The number of rotatable bonds is 9. The molecule has 0 atom stereocenters. The molecule has 2 amide bonds. The van der Waals surface area contributed by atoms with Gasteiger partial charge in [0.15, 0.2) is 5.16 Å². The molecule has 0 unspecified atom stereocenters. The molecule has 0 aliphatic rings. The number of amides is 2. The number of alkyl halides is 2. The molecule has 0 aliphatic heterocycles. The van der Waals surface area contributed by atoms with Crippen molar-refractivity contribution in [3.05, 3.63) is 102 Å². The van der Waals surface area contributed by atoms with E-state index in [0.717, 1.165) is 23.0 Å². The van der Waals surface area contributed by atoms with Crippen molar-refractivity contribution in [2.24, 2.45) is 0 Å². The number of imide groups is 1. The Labute approximate surface area is 204 Å². The van der Waals surface area contributed by atoms with E-state index in [2.05, 4.69) is 20.3 Å². The monoisotopic (exact) mass is 494 g/mol. The number of hydrogen-bond acceptors (Lipinski definition) is 6. The number of halogens is 2. The normalized spacial score (nSPS) is 10.8. The maximum absolute atomic E-state index is 12.4. The van der Waals surface area contributed by atoms with E-state index in [9.17, 15) is 18.4 Å². The van der Waals surface area contributed by atoms with Crippen molar-refractivity contribution >= 4 is 23.6 Å². The predicted octanol–water partition coefficient (Wildman–Crippen LogP) is 4.51. The number of nitrogens with one attached hydrogen (secondary N) is 1. The number of aromatic nitrogens is 3. The van der Waals surface area contributed by atoms with Gasteiger partial charge in [0.1, 0.15) is 11.6 Å². The van der Waals surface area contributed by atoms with E-state index in [0.29, 0.717) is 17.4 Å². The quantitative estimate of drug-likeness (QED) is 0.345. The van der Waals surface area contributed by atoms with Crippen molar-refractivity contribution in [1.29, 1.82) is 0 Å². The number of hydrogen-bond donors (Lipinski definition) is 1. The van der Waals surface area contributed by atoms with Gasteiger partial charge in [0.2, 0.25) is 5.91 Å². The average Bonchev–Trinajstić information content (AvgIpc) is 3.26. The van der Waals surface area contributed by atoms with Gasteiger partial charge >= 0.3 is 6.61 Å². The van der Waals surface area contributed by atoms with Crippen LogP contribution < -0.4 is 10.1 Å². The number of benzene rings is 3. The number of para-hydroxylation sites is 1. The minimum absolute atomic E-state index is 0.0748. The summed E-state index contributed by atoms with van der Waals surface area (Å²) in [6.45, 7) is -2.96. The molecule has 0 aliphatic carbocycles. The lowest BCUT2D eigenvalue weighted by Crippen LogP contribution is -2.31. The van der Waals surface area contributed by atoms with Crippen LogP contribution in [0.15, 0.2) is 90.1 Å². The van der Waals surface area contributed by atoms with Gasteiger partial charge in [0.05, 0.1) is 5.75 Å². The summed E-state index contributed by atoms with van der Waals surface area (Å²) in [5, 5.41) is 11.4. The molecule has 0 saturated carbocycles. The molecule has 1 N–H and O–H groups in total. The van der Waals surface area contributed by atoms with Crippen LogP contribution in [0, 0.1) is 0 Å². The fourth-order valence-electron chi connectivity index (χ4n) is 3.28. The molecule has 0 fully saturated rings. The van der Waals surface area contributed by atoms with Crippen molar-refractivity contribution in [3.8, 4) is 11.4 Å². The van der Waals surface area contributed by atoms with E-state index in [-0.39, 0.29) is 17.1 Å². The third-order valence-corrected chi connectivity index (χ3v) is 5.78. The second-order valence-corrected chi connectivity index (χ2v) is 8.24. The maximum Gasteiger partial charge on any atom is 0.387 e. The maximum atomic E-state index is 12.4. The summed E-state index contributed by atoms with van der Waals surface area (Å²) in [6.07, 6.45) is 0.555. The fraction of sp³-hybridized carbons (Fsp3) is 0.120. The van der Waals surface area contributed by atoms with Crippen molar-refractivity contribution in [3.63, 3.8) is 0 Å². The summed E-state index contributed by atoms with van der Waals surface area (Å²) >= 11 is 1.15. The number of ether oxygens (including phenoxy) is 1. The van der Waals surface area contributed by atoms with Crippen molar-refractivity contribution < 1.29 is 23.1 Å². The second-order valence-electron chi connectivity index (χ2n) is 7.30. The summed E-state index contributed by atoms with van der Waals surface area (Å²) < 4.78 is 30.7. The van der Waals surface area contributed by atoms with Crippen molar-refractivity contribution in [1.82, 2.24) is 20.1 Å². The third kappa shape index (κ3) is 6.51. The SMILES string of the molecule is O=C(CSc1nnc(Cc2ccccc2)n1-c1ccccc1)NC(=O)c1ccc(OC(F)F)cc1. The Morgan fingerprint density at radius 1 is 0.914 bits per heavy atom. The highest BCUT2D eigenvalue weighted by Crippen LogP contribution is 2.23. The molecule has 0 spiro atoms. The largest absolute Gasteiger partial charge is 0.435 e. The van der Waals surface area contributed by atoms with E-state index in [1.54, 1.807) is 0 Å². The summed E-state index contributed by atoms with van der Waals surface area (Å²) in [7, 11) is 0. The van der Waals surface area contributed by atoms with Crippen LogP contribution in [0.5, 0.6) is 5.75 Å². The van der Waals surface area contributed by atoms with Gasteiger partial charge in [-0.1, -0.05) is 60.3 Å². The highest BCUT2D eigenvalue weighted by molar-refractivity contribution is 7.99. The molecular formula is C25H20F2N4O3S. The van der Waals surface area contributed by atoms with E-state index in [1.165, 1.54) is 24.3 Å². The van der Waals surface area contributed by atoms with E-state index in [1.807, 2.05) is 65.2 Å². The topological polar surface area (TPSA) is 86.1 Å². The molecule has 178 valence electrons. The average molecular weight is 495 g/mol. The molecule has 1 heterocycles. The van der Waals surface area contributed by atoms with Crippen LogP contribution in [0.1, 0.15) is 21.7 Å². The molecular weight excluding hydrogens is 474 g/mol. The molecule has 7 nitrogen and oxygen atoms in total. The summed E-state index contributed by atoms with van der Waals surface area (Å²) in [5.41, 5.74) is 2.07. The Balaban J connectivity index is 1.43. The Hall–Kier alpha value is -4.05. The van der Waals surface area contributed by atoms with Gasteiger partial charge in [-0.05, 0) is 42.0 Å². The van der Waals surface area contributed by atoms with Crippen LogP contribution in [0.25, 0.3) is 5.69 Å². The van der Waals surface area contributed by atoms with Crippen LogP contribution in [-0.2, 0) is 11.2 Å². The van der Waals surface area contributed by atoms with E-state index < -0.39 is 18.4 Å². The zero-order valence-corrected chi connectivity index (χ0v) is 19.1. The molecule has 3 aromatic carbocycles. The van der Waals surface area contributed by atoms with Crippen LogP contribution in [0.2, 0.25) is 0 Å². The second kappa shape index (κ2) is 11.4. The van der Waals surface area contributed by atoms with Crippen LogP contribution >= 0.6 is 11.8 Å². The Bertz CT molecular complexity index is 1280. The van der Waals surface area contributed by atoms with Gasteiger partial charge in [-0.25, -0.2) is 0 Å². The summed E-state index contributed by atoms with van der Waals surface area (Å²) in [5.74, 6) is -0.611. The van der Waals surface area contributed by atoms with Gasteiger partial charge in [0, 0.05) is 17.7 Å². The molecule has 1 aromatic heterocycles. The number of thioether (sulfide) groups is 1. The molecule has 0 radical (unpaired) electrons. The summed E-state index contributed by atoms with van der Waals surface area (Å²) in [4.78, 5) is 24.8. The molecule has 35 heavy (non-hydrogen) atoms. The molecule has 4 rings (SSSR count). The van der Waals surface area contributed by atoms with E-state index in [4.69, 9.17) is 0 Å². The molecule has 4 aromatic rings. The fourth-order valence-corrected chi connectivity index (χ4v) is 4.05. The smallest absolute Gasteiger partial charge is 0.387 e. The first-order chi connectivity index (χ1) is 17.0. The van der Waals surface area contributed by atoms with Gasteiger partial charge in [-0.2, -0.15) is 8.78 Å². The molecule has 0 bridgehead atoms.